The van der Waals surface area contributed by atoms with Crippen molar-refractivity contribution >= 4 is 15.9 Å². The maximum Gasteiger partial charge on any atom is 0.243 e. The molecule has 0 spiro atoms. The molecule has 2 saturated heterocycles. The van der Waals surface area contributed by atoms with Gasteiger partial charge < -0.3 is 4.90 Å². The molecule has 0 unspecified atom stereocenters. The second-order valence-corrected chi connectivity index (χ2v) is 11.4. The molecule has 6 heteroatoms. The van der Waals surface area contributed by atoms with Gasteiger partial charge in [-0.15, -0.1) is 0 Å². The first-order chi connectivity index (χ1) is 16.0. The van der Waals surface area contributed by atoms with Crippen molar-refractivity contribution in [1.29, 1.82) is 0 Å². The number of benzene rings is 2. The third-order valence-electron chi connectivity index (χ3n) is 7.09. The molecule has 2 aromatic carbocycles. The third kappa shape index (κ3) is 6.45. The minimum Gasteiger partial charge on any atom is -0.343 e. The summed E-state index contributed by atoms with van der Waals surface area (Å²) in [5.41, 5.74) is 2.39. The van der Waals surface area contributed by atoms with Gasteiger partial charge in [0, 0.05) is 32.6 Å². The normalized spacial score (nSPS) is 18.7. The Hall–Kier alpha value is -2.18. The highest BCUT2D eigenvalue weighted by Crippen LogP contribution is 2.23. The van der Waals surface area contributed by atoms with E-state index < -0.39 is 10.0 Å². The maximum atomic E-state index is 12.9. The van der Waals surface area contributed by atoms with E-state index in [0.717, 1.165) is 63.6 Å². The van der Waals surface area contributed by atoms with Crippen LogP contribution in [0.1, 0.15) is 56.1 Å². The summed E-state index contributed by atoms with van der Waals surface area (Å²) in [5.74, 6) is 0.851. The first-order valence-electron chi connectivity index (χ1n) is 12.4. The smallest absolute Gasteiger partial charge is 0.243 e. The highest BCUT2D eigenvalue weighted by molar-refractivity contribution is 7.89. The van der Waals surface area contributed by atoms with E-state index in [0.29, 0.717) is 36.7 Å². The summed E-state index contributed by atoms with van der Waals surface area (Å²) in [7, 11) is -3.42. The molecule has 2 aromatic rings. The maximum absolute atomic E-state index is 12.9. The van der Waals surface area contributed by atoms with Crippen molar-refractivity contribution in [3.63, 3.8) is 0 Å². The Labute approximate surface area is 198 Å². The number of rotatable bonds is 7. The molecule has 0 N–H and O–H groups in total. The van der Waals surface area contributed by atoms with Gasteiger partial charge in [-0.25, -0.2) is 8.42 Å². The molecule has 1 amide bonds. The average molecular weight is 469 g/mol. The molecule has 0 aliphatic carbocycles. The molecule has 2 fully saturated rings. The number of hydrogen-bond donors (Lipinski definition) is 0. The van der Waals surface area contributed by atoms with Crippen LogP contribution >= 0.6 is 0 Å². The Morgan fingerprint density at radius 1 is 0.788 bits per heavy atom. The minimum absolute atomic E-state index is 0.203. The summed E-state index contributed by atoms with van der Waals surface area (Å²) in [5, 5.41) is 0. The van der Waals surface area contributed by atoms with E-state index in [1.807, 2.05) is 23.1 Å². The molecule has 2 aliphatic rings. The molecule has 0 atom stereocenters. The Morgan fingerprint density at radius 2 is 1.42 bits per heavy atom. The van der Waals surface area contributed by atoms with Crippen LogP contribution in [0, 0.1) is 5.92 Å². The van der Waals surface area contributed by atoms with Crippen LogP contribution < -0.4 is 0 Å². The molecule has 0 bridgehead atoms. The van der Waals surface area contributed by atoms with Crippen LogP contribution in [0.15, 0.2) is 59.5 Å². The van der Waals surface area contributed by atoms with Gasteiger partial charge in [0.1, 0.15) is 0 Å². The van der Waals surface area contributed by atoms with Gasteiger partial charge in [-0.2, -0.15) is 4.31 Å². The van der Waals surface area contributed by atoms with E-state index >= 15 is 0 Å². The second-order valence-electron chi connectivity index (χ2n) is 9.48. The van der Waals surface area contributed by atoms with Gasteiger partial charge in [-0.05, 0) is 67.7 Å². The zero-order chi connectivity index (χ0) is 23.1. The molecule has 2 heterocycles. The van der Waals surface area contributed by atoms with Gasteiger partial charge >= 0.3 is 0 Å². The predicted molar refractivity (Wildman–Crippen MR) is 131 cm³/mol. The van der Waals surface area contributed by atoms with Crippen LogP contribution in [0.2, 0.25) is 0 Å². The highest BCUT2D eigenvalue weighted by Gasteiger charge is 2.25. The van der Waals surface area contributed by atoms with Gasteiger partial charge in [0.15, 0.2) is 0 Å². The molecular formula is C27H36N2O3S. The third-order valence-corrected chi connectivity index (χ3v) is 9.00. The molecule has 33 heavy (non-hydrogen) atoms. The number of sulfonamides is 1. The summed E-state index contributed by atoms with van der Waals surface area (Å²) in [6.07, 6.45) is 8.40. The largest absolute Gasteiger partial charge is 0.343 e. The number of carbonyl (C=O) groups is 1. The van der Waals surface area contributed by atoms with Crippen molar-refractivity contribution in [1.82, 2.24) is 9.21 Å². The fourth-order valence-corrected chi connectivity index (χ4v) is 6.52. The van der Waals surface area contributed by atoms with Crippen LogP contribution in [0.4, 0.5) is 0 Å². The summed E-state index contributed by atoms with van der Waals surface area (Å²) in [6, 6.07) is 17.7. The van der Waals surface area contributed by atoms with Gasteiger partial charge in [-0.3, -0.25) is 4.79 Å². The molecule has 0 aromatic heterocycles. The van der Waals surface area contributed by atoms with E-state index in [-0.39, 0.29) is 5.91 Å². The van der Waals surface area contributed by atoms with E-state index in [4.69, 9.17) is 0 Å². The van der Waals surface area contributed by atoms with E-state index in [2.05, 4.69) is 24.3 Å². The number of aryl methyl sites for hydroxylation is 1. The molecule has 4 rings (SSSR count). The topological polar surface area (TPSA) is 57.7 Å². The van der Waals surface area contributed by atoms with Crippen molar-refractivity contribution < 1.29 is 13.2 Å². The standard InChI is InChI=1S/C27H36N2O3S/c30-27(28-20-16-25(17-21-28)22-24-8-4-3-5-9-24)15-12-23-10-13-26(14-11-23)33(31,32)29-18-6-1-2-7-19-29/h3-5,8-11,13-14,25H,1-2,6-7,12,15-22H2. The Bertz CT molecular complexity index is 989. The number of likely N-dealkylation sites (tertiary alicyclic amines) is 1. The lowest BCUT2D eigenvalue weighted by atomic mass is 9.90. The van der Waals surface area contributed by atoms with E-state index in [1.54, 1.807) is 16.4 Å². The zero-order valence-electron chi connectivity index (χ0n) is 19.5. The number of carbonyl (C=O) groups excluding carboxylic acids is 1. The molecular weight excluding hydrogens is 432 g/mol. The molecule has 0 saturated carbocycles. The van der Waals surface area contributed by atoms with Crippen LogP contribution in [0.25, 0.3) is 0 Å². The fourth-order valence-electron chi connectivity index (χ4n) is 5.00. The number of piperidine rings is 1. The second kappa shape index (κ2) is 11.3. The highest BCUT2D eigenvalue weighted by atomic mass is 32.2. The predicted octanol–water partition coefficient (Wildman–Crippen LogP) is 4.67. The summed E-state index contributed by atoms with van der Waals surface area (Å²) < 4.78 is 27.5. The van der Waals surface area contributed by atoms with Gasteiger partial charge in [0.2, 0.25) is 15.9 Å². The lowest BCUT2D eigenvalue weighted by molar-refractivity contribution is -0.132. The summed E-state index contributed by atoms with van der Waals surface area (Å²) in [6.45, 7) is 2.90. The van der Waals surface area contributed by atoms with Crippen molar-refractivity contribution in [2.75, 3.05) is 26.2 Å². The van der Waals surface area contributed by atoms with Crippen molar-refractivity contribution in [2.24, 2.45) is 5.92 Å². The minimum atomic E-state index is -3.42. The monoisotopic (exact) mass is 468 g/mol. The number of amides is 1. The van der Waals surface area contributed by atoms with Crippen LogP contribution in [0.5, 0.6) is 0 Å². The first kappa shape index (κ1) is 24.0. The number of hydrogen-bond acceptors (Lipinski definition) is 3. The first-order valence-corrected chi connectivity index (χ1v) is 13.9. The quantitative estimate of drug-likeness (QED) is 0.594. The van der Waals surface area contributed by atoms with Crippen molar-refractivity contribution in [2.45, 2.75) is 62.7 Å². The van der Waals surface area contributed by atoms with Crippen molar-refractivity contribution in [3.05, 3.63) is 65.7 Å². The molecule has 0 radical (unpaired) electrons. The Balaban J connectivity index is 1.24. The molecule has 178 valence electrons. The van der Waals surface area contributed by atoms with Gasteiger partial charge in [-0.1, -0.05) is 55.3 Å². The van der Waals surface area contributed by atoms with Gasteiger partial charge in [0.05, 0.1) is 4.90 Å². The van der Waals surface area contributed by atoms with Crippen LogP contribution in [-0.4, -0.2) is 49.7 Å². The lowest BCUT2D eigenvalue weighted by Gasteiger charge is -2.32. The Kier molecular flexibility index (Phi) is 8.20. The fraction of sp³-hybridized carbons (Fsp3) is 0.519. The zero-order valence-corrected chi connectivity index (χ0v) is 20.3. The Morgan fingerprint density at radius 3 is 2.06 bits per heavy atom. The van der Waals surface area contributed by atoms with E-state index in [9.17, 15) is 13.2 Å². The number of nitrogens with zero attached hydrogens (tertiary/aromatic N) is 2. The lowest BCUT2D eigenvalue weighted by Crippen LogP contribution is -2.39. The molecule has 5 nitrogen and oxygen atoms in total. The average Bonchev–Trinajstić information content (AvgIpc) is 3.14. The summed E-state index contributed by atoms with van der Waals surface area (Å²) >= 11 is 0. The van der Waals surface area contributed by atoms with E-state index in [1.165, 1.54) is 5.56 Å². The SMILES string of the molecule is O=C(CCc1ccc(S(=O)(=O)N2CCCCCC2)cc1)N1CCC(Cc2ccccc2)CC1. The van der Waals surface area contributed by atoms with Gasteiger partial charge in [0.25, 0.3) is 0 Å². The van der Waals surface area contributed by atoms with Crippen LogP contribution in [0.3, 0.4) is 0 Å². The van der Waals surface area contributed by atoms with Crippen molar-refractivity contribution in [3.8, 4) is 0 Å². The summed E-state index contributed by atoms with van der Waals surface area (Å²) in [4.78, 5) is 15.1. The molecule has 2 aliphatic heterocycles. The van der Waals surface area contributed by atoms with Crippen LogP contribution in [-0.2, 0) is 27.7 Å².